The molecule has 0 bridgehead atoms. The number of rotatable bonds is 4. The summed E-state index contributed by atoms with van der Waals surface area (Å²) >= 11 is 1.31. The molecule has 1 aromatic carbocycles. The van der Waals surface area contributed by atoms with Gasteiger partial charge >= 0.3 is 0 Å². The van der Waals surface area contributed by atoms with Crippen molar-refractivity contribution in [2.24, 2.45) is 0 Å². The van der Waals surface area contributed by atoms with Crippen LogP contribution in [0.15, 0.2) is 29.1 Å². The van der Waals surface area contributed by atoms with Crippen LogP contribution >= 0.6 is 11.3 Å². The number of aromatic nitrogens is 1. The Morgan fingerprint density at radius 2 is 2.35 bits per heavy atom. The number of nitro benzene ring substituents is 1. The lowest BCUT2D eigenvalue weighted by atomic mass is 10.1. The molecule has 1 N–H and O–H groups in total. The number of nitro groups is 1. The minimum Gasteiger partial charge on any atom is -0.347 e. The fourth-order valence-electron chi connectivity index (χ4n) is 1.64. The number of thiazole rings is 1. The van der Waals surface area contributed by atoms with Crippen LogP contribution < -0.4 is 5.32 Å². The highest BCUT2D eigenvalue weighted by Gasteiger charge is 2.16. The summed E-state index contributed by atoms with van der Waals surface area (Å²) in [6, 6.07) is 4.51. The first-order chi connectivity index (χ1) is 9.63. The van der Waals surface area contributed by atoms with Gasteiger partial charge in [-0.2, -0.15) is 0 Å². The number of nitrogens with one attached hydrogen (secondary N) is 1. The second-order valence-corrected chi connectivity index (χ2v) is 4.49. The Balaban J connectivity index is 2.18. The molecule has 2 aromatic rings. The molecule has 6 nitrogen and oxygen atoms in total. The maximum absolute atomic E-state index is 11.7. The van der Waals surface area contributed by atoms with Crippen molar-refractivity contribution in [3.8, 4) is 12.3 Å². The van der Waals surface area contributed by atoms with E-state index in [1.807, 2.05) is 0 Å². The van der Waals surface area contributed by atoms with Gasteiger partial charge in [0, 0.05) is 18.0 Å². The second kappa shape index (κ2) is 5.95. The SMILES string of the molecule is C#Cc1c(CNC(=O)c2cscn2)cccc1[N+](=O)[O-]. The molecule has 7 heteroatoms. The molecule has 1 aromatic heterocycles. The van der Waals surface area contributed by atoms with Crippen LogP contribution in [0.2, 0.25) is 0 Å². The van der Waals surface area contributed by atoms with E-state index < -0.39 is 4.92 Å². The van der Waals surface area contributed by atoms with Crippen molar-refractivity contribution in [1.29, 1.82) is 0 Å². The smallest absolute Gasteiger partial charge is 0.285 e. The number of hydrogen-bond acceptors (Lipinski definition) is 5. The molecule has 0 spiro atoms. The summed E-state index contributed by atoms with van der Waals surface area (Å²) in [5.74, 6) is 1.95. The number of benzene rings is 1. The van der Waals surface area contributed by atoms with Crippen molar-refractivity contribution in [2.45, 2.75) is 6.54 Å². The maximum Gasteiger partial charge on any atom is 0.285 e. The van der Waals surface area contributed by atoms with Gasteiger partial charge in [-0.1, -0.05) is 18.1 Å². The molecule has 20 heavy (non-hydrogen) atoms. The average molecular weight is 287 g/mol. The summed E-state index contributed by atoms with van der Waals surface area (Å²) in [7, 11) is 0. The molecule has 0 aliphatic heterocycles. The minimum atomic E-state index is -0.541. The van der Waals surface area contributed by atoms with E-state index in [0.29, 0.717) is 11.3 Å². The monoisotopic (exact) mass is 287 g/mol. The standard InChI is InChI=1S/C13H9N3O3S/c1-2-10-9(4-3-5-12(10)16(18)19)6-14-13(17)11-7-20-8-15-11/h1,3-5,7-8H,6H2,(H,14,17). The first-order valence-corrected chi connectivity index (χ1v) is 6.47. The summed E-state index contributed by atoms with van der Waals surface area (Å²) < 4.78 is 0. The van der Waals surface area contributed by atoms with E-state index in [1.165, 1.54) is 23.5 Å². The van der Waals surface area contributed by atoms with Crippen molar-refractivity contribution in [3.05, 3.63) is 56.0 Å². The van der Waals surface area contributed by atoms with E-state index in [4.69, 9.17) is 6.42 Å². The molecule has 0 unspecified atom stereocenters. The summed E-state index contributed by atoms with van der Waals surface area (Å²) in [5.41, 5.74) is 2.41. The lowest BCUT2D eigenvalue weighted by Crippen LogP contribution is -2.23. The van der Waals surface area contributed by atoms with Gasteiger partial charge in [-0.15, -0.1) is 17.8 Å². The molecule has 2 rings (SSSR count). The number of amides is 1. The summed E-state index contributed by atoms with van der Waals surface area (Å²) in [5, 5.41) is 15.1. The molecule has 1 amide bonds. The van der Waals surface area contributed by atoms with Crippen LogP contribution in [0.25, 0.3) is 0 Å². The van der Waals surface area contributed by atoms with Crippen LogP contribution in [-0.4, -0.2) is 15.8 Å². The summed E-state index contributed by atoms with van der Waals surface area (Å²) in [6.45, 7) is 0.109. The van der Waals surface area contributed by atoms with Crippen LogP contribution in [-0.2, 0) is 6.54 Å². The van der Waals surface area contributed by atoms with Gasteiger partial charge in [0.25, 0.3) is 11.6 Å². The molecule has 0 aliphatic carbocycles. The van der Waals surface area contributed by atoms with Gasteiger partial charge in [0.1, 0.15) is 11.3 Å². The highest BCUT2D eigenvalue weighted by molar-refractivity contribution is 7.07. The van der Waals surface area contributed by atoms with Gasteiger partial charge in [-0.05, 0) is 5.56 Å². The maximum atomic E-state index is 11.7. The molecular formula is C13H9N3O3S. The molecule has 0 saturated heterocycles. The van der Waals surface area contributed by atoms with Crippen molar-refractivity contribution in [2.75, 3.05) is 0 Å². The third-order valence-electron chi connectivity index (χ3n) is 2.57. The van der Waals surface area contributed by atoms with Gasteiger partial charge in [-0.25, -0.2) is 4.98 Å². The van der Waals surface area contributed by atoms with Crippen molar-refractivity contribution < 1.29 is 9.72 Å². The highest BCUT2D eigenvalue weighted by Crippen LogP contribution is 2.21. The van der Waals surface area contributed by atoms with E-state index in [0.717, 1.165) is 0 Å². The summed E-state index contributed by atoms with van der Waals surface area (Å²) in [4.78, 5) is 26.0. The fourth-order valence-corrected chi connectivity index (χ4v) is 2.18. The van der Waals surface area contributed by atoms with E-state index in [-0.39, 0.29) is 23.7 Å². The zero-order valence-electron chi connectivity index (χ0n) is 10.2. The second-order valence-electron chi connectivity index (χ2n) is 3.77. The van der Waals surface area contributed by atoms with Gasteiger partial charge < -0.3 is 5.32 Å². The van der Waals surface area contributed by atoms with Crippen molar-refractivity contribution in [1.82, 2.24) is 10.3 Å². The quantitative estimate of drug-likeness (QED) is 0.529. The van der Waals surface area contributed by atoms with Gasteiger partial charge in [0.15, 0.2) is 0 Å². The molecular weight excluding hydrogens is 278 g/mol. The van der Waals surface area contributed by atoms with Crippen LogP contribution in [0.4, 0.5) is 5.69 Å². The lowest BCUT2D eigenvalue weighted by molar-refractivity contribution is -0.385. The topological polar surface area (TPSA) is 85.1 Å². The molecule has 0 aliphatic rings. The Morgan fingerprint density at radius 1 is 1.55 bits per heavy atom. The van der Waals surface area contributed by atoms with E-state index in [2.05, 4.69) is 16.2 Å². The number of carbonyl (C=O) groups excluding carboxylic acids is 1. The van der Waals surface area contributed by atoms with Gasteiger partial charge in [-0.3, -0.25) is 14.9 Å². The van der Waals surface area contributed by atoms with Gasteiger partial charge in [0.2, 0.25) is 0 Å². The van der Waals surface area contributed by atoms with E-state index in [9.17, 15) is 14.9 Å². The molecule has 1 heterocycles. The molecule has 0 radical (unpaired) electrons. The first-order valence-electron chi connectivity index (χ1n) is 5.52. The zero-order chi connectivity index (χ0) is 14.5. The molecule has 0 saturated carbocycles. The third kappa shape index (κ3) is 2.81. The number of hydrogen-bond donors (Lipinski definition) is 1. The highest BCUT2D eigenvalue weighted by atomic mass is 32.1. The van der Waals surface area contributed by atoms with Gasteiger partial charge in [0.05, 0.1) is 10.4 Å². The van der Waals surface area contributed by atoms with E-state index in [1.54, 1.807) is 17.0 Å². The van der Waals surface area contributed by atoms with E-state index >= 15 is 0 Å². The Labute approximate surface area is 118 Å². The predicted molar refractivity (Wildman–Crippen MR) is 74.3 cm³/mol. The Kier molecular flexibility index (Phi) is 4.08. The zero-order valence-corrected chi connectivity index (χ0v) is 11.0. The summed E-state index contributed by atoms with van der Waals surface area (Å²) in [6.07, 6.45) is 5.31. The lowest BCUT2D eigenvalue weighted by Gasteiger charge is -2.06. The molecule has 0 atom stereocenters. The molecule has 100 valence electrons. The third-order valence-corrected chi connectivity index (χ3v) is 3.16. The largest absolute Gasteiger partial charge is 0.347 e. The van der Waals surface area contributed by atoms with Crippen molar-refractivity contribution in [3.63, 3.8) is 0 Å². The number of terminal acetylenes is 1. The molecule has 0 fully saturated rings. The Morgan fingerprint density at radius 3 is 2.95 bits per heavy atom. The number of nitrogens with zero attached hydrogens (tertiary/aromatic N) is 2. The predicted octanol–water partition coefficient (Wildman–Crippen LogP) is 1.96. The normalized spacial score (nSPS) is 9.75. The Hall–Kier alpha value is -2.72. The first kappa shape index (κ1) is 13.7. The fraction of sp³-hybridized carbons (Fsp3) is 0.0769. The minimum absolute atomic E-state index is 0.109. The number of carbonyl (C=O) groups is 1. The van der Waals surface area contributed by atoms with Crippen LogP contribution in [0, 0.1) is 22.5 Å². The Bertz CT molecular complexity index is 689. The van der Waals surface area contributed by atoms with Crippen LogP contribution in [0.1, 0.15) is 21.6 Å². The average Bonchev–Trinajstić information content (AvgIpc) is 2.98. The van der Waals surface area contributed by atoms with Crippen LogP contribution in [0.5, 0.6) is 0 Å². The van der Waals surface area contributed by atoms with Crippen LogP contribution in [0.3, 0.4) is 0 Å². The van der Waals surface area contributed by atoms with Crippen molar-refractivity contribution >= 4 is 22.9 Å².